The minimum Gasteiger partial charge on any atom is -0.295 e. The van der Waals surface area contributed by atoms with E-state index in [4.69, 9.17) is 0 Å². The first-order valence-electron chi connectivity index (χ1n) is 14.7. The lowest BCUT2D eigenvalue weighted by Crippen LogP contribution is -2.48. The third-order valence-electron chi connectivity index (χ3n) is 7.74. The molecule has 5 rings (SSSR count). The summed E-state index contributed by atoms with van der Waals surface area (Å²) in [4.78, 5) is 28.8. The molecule has 1 saturated heterocycles. The molecule has 0 saturated carbocycles. The van der Waals surface area contributed by atoms with Crippen LogP contribution in [-0.4, -0.2) is 91.4 Å². The van der Waals surface area contributed by atoms with E-state index < -0.39 is 0 Å². The second-order valence-electron chi connectivity index (χ2n) is 10.9. The molecule has 5 heterocycles. The zero-order valence-electron chi connectivity index (χ0n) is 24.2. The number of hydrogen-bond acceptors (Lipinski definition) is 8. The van der Waals surface area contributed by atoms with E-state index in [0.717, 1.165) is 94.8 Å². The van der Waals surface area contributed by atoms with Gasteiger partial charge in [-0.3, -0.25) is 39.5 Å². The Morgan fingerprint density at radius 2 is 0.854 bits per heavy atom. The zero-order valence-corrected chi connectivity index (χ0v) is 24.2. The van der Waals surface area contributed by atoms with Gasteiger partial charge in [-0.05, 0) is 55.5 Å². The van der Waals surface area contributed by atoms with Crippen LogP contribution in [0, 0.1) is 0 Å². The summed E-state index contributed by atoms with van der Waals surface area (Å²) in [5.74, 6) is 0. The van der Waals surface area contributed by atoms with Crippen LogP contribution in [0.15, 0.2) is 97.6 Å². The molecule has 0 radical (unpaired) electrons. The SMILES string of the molecule is C[C@@H]1CN(Cc2ccccn2)CCN(Cc2ccccn2)CCN(Cc2ccccn2)CCN1Cc1ccccn1. The number of pyridine rings is 4. The highest BCUT2D eigenvalue weighted by atomic mass is 15.3. The second-order valence-corrected chi connectivity index (χ2v) is 10.9. The molecule has 4 aromatic rings. The highest BCUT2D eigenvalue weighted by Crippen LogP contribution is 2.14. The molecule has 41 heavy (non-hydrogen) atoms. The van der Waals surface area contributed by atoms with Gasteiger partial charge >= 0.3 is 0 Å². The summed E-state index contributed by atoms with van der Waals surface area (Å²) in [6.07, 6.45) is 7.58. The molecular weight excluding hydrogens is 508 g/mol. The fourth-order valence-electron chi connectivity index (χ4n) is 5.42. The Morgan fingerprint density at radius 1 is 0.488 bits per heavy atom. The predicted molar refractivity (Wildman–Crippen MR) is 163 cm³/mol. The first-order chi connectivity index (χ1) is 20.2. The molecule has 0 aromatic carbocycles. The van der Waals surface area contributed by atoms with Gasteiger partial charge in [0.15, 0.2) is 0 Å². The van der Waals surface area contributed by atoms with Crippen LogP contribution in [0.25, 0.3) is 0 Å². The molecule has 214 valence electrons. The van der Waals surface area contributed by atoms with Crippen molar-refractivity contribution in [2.24, 2.45) is 0 Å². The van der Waals surface area contributed by atoms with E-state index in [1.165, 1.54) is 0 Å². The lowest BCUT2D eigenvalue weighted by molar-refractivity contribution is 0.0909. The van der Waals surface area contributed by atoms with Crippen LogP contribution in [-0.2, 0) is 26.2 Å². The minimum atomic E-state index is 0.348. The van der Waals surface area contributed by atoms with E-state index in [1.54, 1.807) is 0 Å². The van der Waals surface area contributed by atoms with Crippen molar-refractivity contribution >= 4 is 0 Å². The molecule has 0 aliphatic carbocycles. The Labute approximate surface area is 244 Å². The Morgan fingerprint density at radius 3 is 1.27 bits per heavy atom. The van der Waals surface area contributed by atoms with Crippen molar-refractivity contribution in [3.05, 3.63) is 120 Å². The van der Waals surface area contributed by atoms with Crippen LogP contribution in [0.1, 0.15) is 29.7 Å². The van der Waals surface area contributed by atoms with Crippen molar-refractivity contribution in [2.75, 3.05) is 45.8 Å². The van der Waals surface area contributed by atoms with Gasteiger partial charge in [-0.1, -0.05) is 24.3 Å². The molecular formula is C33H42N8. The second kappa shape index (κ2) is 15.4. The van der Waals surface area contributed by atoms with Gasteiger partial charge in [0.05, 0.1) is 22.8 Å². The average molecular weight is 551 g/mol. The van der Waals surface area contributed by atoms with Gasteiger partial charge in [0, 0.05) is 103 Å². The molecule has 1 aliphatic rings. The van der Waals surface area contributed by atoms with Crippen LogP contribution in [0.3, 0.4) is 0 Å². The van der Waals surface area contributed by atoms with Crippen molar-refractivity contribution in [3.8, 4) is 0 Å². The van der Waals surface area contributed by atoms with Crippen LogP contribution >= 0.6 is 0 Å². The summed E-state index contributed by atoms with van der Waals surface area (Å²) in [5, 5.41) is 0. The highest BCUT2D eigenvalue weighted by Gasteiger charge is 2.22. The molecule has 0 amide bonds. The quantitative estimate of drug-likeness (QED) is 0.327. The first kappa shape index (κ1) is 29.0. The third-order valence-corrected chi connectivity index (χ3v) is 7.74. The van der Waals surface area contributed by atoms with Gasteiger partial charge in [0.2, 0.25) is 0 Å². The van der Waals surface area contributed by atoms with Gasteiger partial charge in [-0.2, -0.15) is 0 Å². The minimum absolute atomic E-state index is 0.348. The van der Waals surface area contributed by atoms with Gasteiger partial charge < -0.3 is 0 Å². The van der Waals surface area contributed by atoms with Gasteiger partial charge in [-0.15, -0.1) is 0 Å². The van der Waals surface area contributed by atoms with Crippen LogP contribution in [0.2, 0.25) is 0 Å². The maximum Gasteiger partial charge on any atom is 0.0544 e. The topological polar surface area (TPSA) is 64.5 Å². The summed E-state index contributed by atoms with van der Waals surface area (Å²) in [5.41, 5.74) is 4.45. The standard InChI is InChI=1S/C33H42N8/c1-29-24-40(27-32-12-4-8-16-36-32)21-20-38(25-30-10-2-6-14-34-30)18-19-39(26-31-11-3-7-15-35-31)22-23-41(29)28-33-13-5-9-17-37-33/h2-17,29H,18-28H2,1H3/t29-/m1/s1. The van der Waals surface area contributed by atoms with Crippen LogP contribution < -0.4 is 0 Å². The molecule has 1 fully saturated rings. The summed E-state index contributed by atoms with van der Waals surface area (Å²) in [6, 6.07) is 25.2. The van der Waals surface area contributed by atoms with E-state index >= 15 is 0 Å². The van der Waals surface area contributed by atoms with Crippen LogP contribution in [0.5, 0.6) is 0 Å². The van der Waals surface area contributed by atoms with E-state index in [0.29, 0.717) is 6.04 Å². The molecule has 1 aliphatic heterocycles. The smallest absolute Gasteiger partial charge is 0.0544 e. The van der Waals surface area contributed by atoms with Gasteiger partial charge in [0.1, 0.15) is 0 Å². The third kappa shape index (κ3) is 9.50. The molecule has 0 unspecified atom stereocenters. The Balaban J connectivity index is 1.37. The number of aromatic nitrogens is 4. The molecule has 0 bridgehead atoms. The number of hydrogen-bond donors (Lipinski definition) is 0. The molecule has 4 aromatic heterocycles. The lowest BCUT2D eigenvalue weighted by Gasteiger charge is -2.37. The number of nitrogens with zero attached hydrogens (tertiary/aromatic N) is 8. The summed E-state index contributed by atoms with van der Waals surface area (Å²) in [7, 11) is 0. The first-order valence-corrected chi connectivity index (χ1v) is 14.7. The van der Waals surface area contributed by atoms with Crippen molar-refractivity contribution in [1.29, 1.82) is 0 Å². The van der Waals surface area contributed by atoms with Gasteiger partial charge in [-0.25, -0.2) is 0 Å². The average Bonchev–Trinajstić information content (AvgIpc) is 3.01. The predicted octanol–water partition coefficient (Wildman–Crippen LogP) is 3.98. The molecule has 1 atom stereocenters. The zero-order chi connectivity index (χ0) is 28.1. The van der Waals surface area contributed by atoms with E-state index in [1.807, 2.05) is 49.1 Å². The van der Waals surface area contributed by atoms with Crippen molar-refractivity contribution in [2.45, 2.75) is 39.1 Å². The van der Waals surface area contributed by atoms with E-state index in [2.05, 4.69) is 95.0 Å². The van der Waals surface area contributed by atoms with Gasteiger partial charge in [0.25, 0.3) is 0 Å². The van der Waals surface area contributed by atoms with E-state index in [-0.39, 0.29) is 0 Å². The summed E-state index contributed by atoms with van der Waals surface area (Å²) in [6.45, 7) is 12.5. The van der Waals surface area contributed by atoms with Crippen LogP contribution in [0.4, 0.5) is 0 Å². The highest BCUT2D eigenvalue weighted by molar-refractivity contribution is 5.07. The van der Waals surface area contributed by atoms with Crippen molar-refractivity contribution < 1.29 is 0 Å². The fraction of sp³-hybridized carbons (Fsp3) is 0.394. The maximum absolute atomic E-state index is 4.66. The largest absolute Gasteiger partial charge is 0.295 e. The fourth-order valence-corrected chi connectivity index (χ4v) is 5.42. The molecule has 0 spiro atoms. The van der Waals surface area contributed by atoms with Crippen molar-refractivity contribution in [1.82, 2.24) is 39.5 Å². The molecule has 0 N–H and O–H groups in total. The molecule has 8 heteroatoms. The maximum atomic E-state index is 4.66. The molecule has 8 nitrogen and oxygen atoms in total. The van der Waals surface area contributed by atoms with Crippen molar-refractivity contribution in [3.63, 3.8) is 0 Å². The normalized spacial score (nSPS) is 18.9. The Hall–Kier alpha value is -3.56. The van der Waals surface area contributed by atoms with E-state index in [9.17, 15) is 0 Å². The summed E-state index contributed by atoms with van der Waals surface area (Å²) < 4.78 is 0. The monoisotopic (exact) mass is 550 g/mol. The Bertz CT molecular complexity index is 1260. The lowest BCUT2D eigenvalue weighted by atomic mass is 10.2. The Kier molecular flexibility index (Phi) is 10.9. The number of rotatable bonds is 8. The summed E-state index contributed by atoms with van der Waals surface area (Å²) >= 11 is 0.